The quantitative estimate of drug-likeness (QED) is 0.715. The lowest BCUT2D eigenvalue weighted by atomic mass is 10.1. The molecule has 2 heterocycles. The Hall–Kier alpha value is -3.42. The van der Waals surface area contributed by atoms with Gasteiger partial charge in [0.25, 0.3) is 5.91 Å². The lowest BCUT2D eigenvalue weighted by Gasteiger charge is -2.07. The van der Waals surface area contributed by atoms with E-state index in [9.17, 15) is 9.59 Å². The molecule has 1 N–H and O–H groups in total. The lowest BCUT2D eigenvalue weighted by Crippen LogP contribution is -2.23. The maximum Gasteiger partial charge on any atom is 0.349 e. The van der Waals surface area contributed by atoms with Crippen LogP contribution in [0.2, 0.25) is 0 Å². The van der Waals surface area contributed by atoms with Gasteiger partial charge < -0.3 is 14.5 Å². The first-order valence-corrected chi connectivity index (χ1v) is 8.40. The number of hydrogen-bond donors (Lipinski definition) is 1. The van der Waals surface area contributed by atoms with Crippen molar-refractivity contribution < 1.29 is 13.9 Å². The van der Waals surface area contributed by atoms with Crippen LogP contribution in [0.25, 0.3) is 0 Å². The first kappa shape index (κ1) is 18.4. The highest BCUT2D eigenvalue weighted by Crippen LogP contribution is 2.15. The number of benzene rings is 1. The van der Waals surface area contributed by atoms with Gasteiger partial charge in [0.2, 0.25) is 0 Å². The van der Waals surface area contributed by atoms with Crippen molar-refractivity contribution in [1.82, 2.24) is 15.0 Å². The smallest absolute Gasteiger partial charge is 0.349 e. The molecule has 0 saturated carbocycles. The van der Waals surface area contributed by atoms with Gasteiger partial charge in [0, 0.05) is 13.5 Å². The summed E-state index contributed by atoms with van der Waals surface area (Å²) >= 11 is 0. The Bertz CT molecular complexity index is 1010. The van der Waals surface area contributed by atoms with Gasteiger partial charge in [0.05, 0.1) is 13.3 Å². The van der Waals surface area contributed by atoms with Crippen molar-refractivity contribution in [3.05, 3.63) is 69.4 Å². The van der Waals surface area contributed by atoms with Crippen molar-refractivity contribution in [2.75, 3.05) is 12.4 Å². The summed E-state index contributed by atoms with van der Waals surface area (Å²) in [6.07, 6.45) is 2.80. The van der Waals surface area contributed by atoms with Crippen LogP contribution in [0.4, 0.5) is 5.82 Å². The Morgan fingerprint density at radius 2 is 2.00 bits per heavy atom. The van der Waals surface area contributed by atoms with Gasteiger partial charge in [0.1, 0.15) is 17.1 Å². The summed E-state index contributed by atoms with van der Waals surface area (Å²) in [6, 6.07) is 9.42. The van der Waals surface area contributed by atoms with Crippen LogP contribution in [0, 0.1) is 6.92 Å². The molecule has 0 unspecified atom stereocenters. The van der Waals surface area contributed by atoms with E-state index >= 15 is 0 Å². The Labute approximate surface area is 155 Å². The number of rotatable bonds is 6. The number of anilines is 1. The molecular weight excluding hydrogens is 348 g/mol. The molecule has 1 amide bonds. The molecule has 3 rings (SSSR count). The third-order valence-electron chi connectivity index (χ3n) is 4.09. The fourth-order valence-electron chi connectivity index (χ4n) is 2.71. The maximum atomic E-state index is 12.4. The summed E-state index contributed by atoms with van der Waals surface area (Å²) in [5.41, 5.74) is 0.952. The minimum atomic E-state index is -0.666. The van der Waals surface area contributed by atoms with E-state index in [-0.39, 0.29) is 11.4 Å². The van der Waals surface area contributed by atoms with Gasteiger partial charge in [-0.05, 0) is 42.7 Å². The van der Waals surface area contributed by atoms with Crippen LogP contribution < -0.4 is 15.7 Å². The zero-order valence-corrected chi connectivity index (χ0v) is 15.4. The van der Waals surface area contributed by atoms with E-state index in [0.29, 0.717) is 24.2 Å². The second-order valence-corrected chi connectivity index (χ2v) is 6.14. The molecule has 140 valence electrons. The SMILES string of the molecule is COc1ccc(CCc2cc(C)c(C(=O)Nc3cn(C)nn3)c(=O)o2)cc1. The minimum Gasteiger partial charge on any atom is -0.497 e. The van der Waals surface area contributed by atoms with Crippen molar-refractivity contribution >= 4 is 11.7 Å². The van der Waals surface area contributed by atoms with Crippen molar-refractivity contribution in [3.8, 4) is 5.75 Å². The molecule has 0 saturated heterocycles. The topological polar surface area (TPSA) is 99.2 Å². The molecular formula is C19H20N4O4. The largest absolute Gasteiger partial charge is 0.497 e. The number of amides is 1. The van der Waals surface area contributed by atoms with Crippen molar-refractivity contribution in [2.24, 2.45) is 7.05 Å². The maximum absolute atomic E-state index is 12.4. The fraction of sp³-hybridized carbons (Fsp3) is 0.263. The van der Waals surface area contributed by atoms with E-state index in [1.54, 1.807) is 27.1 Å². The molecule has 0 bridgehead atoms. The molecule has 8 nitrogen and oxygen atoms in total. The lowest BCUT2D eigenvalue weighted by molar-refractivity contribution is 0.102. The number of nitrogens with zero attached hydrogens (tertiary/aromatic N) is 3. The first-order valence-electron chi connectivity index (χ1n) is 8.40. The third kappa shape index (κ3) is 4.41. The van der Waals surface area contributed by atoms with Gasteiger partial charge in [-0.25, -0.2) is 4.79 Å². The molecule has 0 aliphatic carbocycles. The number of carbonyl (C=O) groups excluding carboxylic acids is 1. The van der Waals surface area contributed by atoms with Gasteiger partial charge >= 0.3 is 5.63 Å². The third-order valence-corrected chi connectivity index (χ3v) is 4.09. The first-order chi connectivity index (χ1) is 13.0. The second kappa shape index (κ2) is 7.86. The normalized spacial score (nSPS) is 10.6. The number of ether oxygens (including phenoxy) is 1. The molecule has 0 spiro atoms. The number of carbonyl (C=O) groups is 1. The van der Waals surface area contributed by atoms with E-state index in [1.165, 1.54) is 10.9 Å². The molecule has 2 aromatic heterocycles. The molecule has 0 radical (unpaired) electrons. The zero-order chi connectivity index (χ0) is 19.4. The Kier molecular flexibility index (Phi) is 5.35. The highest BCUT2D eigenvalue weighted by Gasteiger charge is 2.18. The summed E-state index contributed by atoms with van der Waals surface area (Å²) in [4.78, 5) is 24.7. The van der Waals surface area contributed by atoms with Crippen LogP contribution in [-0.4, -0.2) is 28.0 Å². The van der Waals surface area contributed by atoms with E-state index < -0.39 is 11.5 Å². The van der Waals surface area contributed by atoms with Crippen molar-refractivity contribution in [3.63, 3.8) is 0 Å². The van der Waals surface area contributed by atoms with Gasteiger partial charge in [-0.1, -0.05) is 17.3 Å². The number of aromatic nitrogens is 3. The minimum absolute atomic E-state index is 0.0335. The van der Waals surface area contributed by atoms with Gasteiger partial charge in [-0.2, -0.15) is 0 Å². The fourth-order valence-corrected chi connectivity index (χ4v) is 2.71. The summed E-state index contributed by atoms with van der Waals surface area (Å²) in [5, 5.41) is 10.0. The Morgan fingerprint density at radius 3 is 2.59 bits per heavy atom. The van der Waals surface area contributed by atoms with E-state index in [0.717, 1.165) is 11.3 Å². The molecule has 0 atom stereocenters. The van der Waals surface area contributed by atoms with Crippen LogP contribution in [-0.2, 0) is 19.9 Å². The Balaban J connectivity index is 1.71. The van der Waals surface area contributed by atoms with Crippen molar-refractivity contribution in [2.45, 2.75) is 19.8 Å². The second-order valence-electron chi connectivity index (χ2n) is 6.14. The number of nitrogens with one attached hydrogen (secondary N) is 1. The number of methoxy groups -OCH3 is 1. The van der Waals surface area contributed by atoms with E-state index in [1.807, 2.05) is 24.3 Å². The van der Waals surface area contributed by atoms with Gasteiger partial charge in [0.15, 0.2) is 5.82 Å². The summed E-state index contributed by atoms with van der Waals surface area (Å²) < 4.78 is 11.9. The average molecular weight is 368 g/mol. The molecule has 27 heavy (non-hydrogen) atoms. The monoisotopic (exact) mass is 368 g/mol. The molecule has 1 aromatic carbocycles. The van der Waals surface area contributed by atoms with Gasteiger partial charge in [-0.3, -0.25) is 9.48 Å². The Morgan fingerprint density at radius 1 is 1.26 bits per heavy atom. The van der Waals surface area contributed by atoms with Crippen LogP contribution in [0.3, 0.4) is 0 Å². The van der Waals surface area contributed by atoms with Crippen LogP contribution in [0.15, 0.2) is 45.7 Å². The molecule has 3 aromatic rings. The van der Waals surface area contributed by atoms with Crippen LogP contribution in [0.5, 0.6) is 5.75 Å². The summed E-state index contributed by atoms with van der Waals surface area (Å²) in [7, 11) is 3.30. The predicted octanol–water partition coefficient (Wildman–Crippen LogP) is 2.12. The molecule has 8 heteroatoms. The van der Waals surface area contributed by atoms with Gasteiger partial charge in [-0.15, -0.1) is 5.10 Å². The number of aryl methyl sites for hydroxylation is 4. The highest BCUT2D eigenvalue weighted by atomic mass is 16.5. The predicted molar refractivity (Wildman–Crippen MR) is 99.1 cm³/mol. The highest BCUT2D eigenvalue weighted by molar-refractivity contribution is 6.04. The number of hydrogen-bond acceptors (Lipinski definition) is 6. The van der Waals surface area contributed by atoms with E-state index in [4.69, 9.17) is 9.15 Å². The van der Waals surface area contributed by atoms with E-state index in [2.05, 4.69) is 15.6 Å². The summed E-state index contributed by atoms with van der Waals surface area (Å²) in [5.74, 6) is 1.03. The molecule has 0 aliphatic rings. The molecule has 0 fully saturated rings. The standard InChI is InChI=1S/C19H20N4O4/c1-12-10-15(9-6-13-4-7-14(26-3)8-5-13)27-19(25)17(12)18(24)20-16-11-23(2)22-21-16/h4-5,7-8,10-11H,6,9H2,1-3H3,(H,20,24). The zero-order valence-electron chi connectivity index (χ0n) is 15.4. The van der Waals surface area contributed by atoms with Crippen LogP contribution in [0.1, 0.15) is 27.2 Å². The van der Waals surface area contributed by atoms with Crippen molar-refractivity contribution in [1.29, 1.82) is 0 Å². The summed E-state index contributed by atoms with van der Waals surface area (Å²) in [6.45, 7) is 1.71. The average Bonchev–Trinajstić information content (AvgIpc) is 3.04. The van der Waals surface area contributed by atoms with Crippen LogP contribution >= 0.6 is 0 Å². The molecule has 0 aliphatic heterocycles.